The summed E-state index contributed by atoms with van der Waals surface area (Å²) in [7, 11) is 0. The largest absolute Gasteiger partial charge is 0.329 e. The lowest BCUT2D eigenvalue weighted by atomic mass is 9.87. The van der Waals surface area contributed by atoms with Gasteiger partial charge in [-0.15, -0.1) is 0 Å². The standard InChI is InChI=1S/C14H28N2/c1-14(2,3)7-13(8-15)16-9-11-5-4-6-12(11)10-16/h11-13H,4-10,15H2,1-3H3. The Hall–Kier alpha value is -0.0800. The van der Waals surface area contributed by atoms with Crippen molar-refractivity contribution in [3.8, 4) is 0 Å². The van der Waals surface area contributed by atoms with Gasteiger partial charge in [0.15, 0.2) is 0 Å². The molecule has 0 radical (unpaired) electrons. The number of likely N-dealkylation sites (tertiary alicyclic amines) is 1. The van der Waals surface area contributed by atoms with Crippen molar-refractivity contribution >= 4 is 0 Å². The summed E-state index contributed by atoms with van der Waals surface area (Å²) in [5.41, 5.74) is 6.37. The first kappa shape index (κ1) is 12.4. The molecule has 1 aliphatic carbocycles. The third kappa shape index (κ3) is 2.78. The number of nitrogens with zero attached hydrogens (tertiary/aromatic N) is 1. The van der Waals surface area contributed by atoms with Crippen molar-refractivity contribution in [2.24, 2.45) is 23.0 Å². The second-order valence-electron chi connectivity index (χ2n) is 7.06. The molecule has 2 aliphatic rings. The average Bonchev–Trinajstić information content (AvgIpc) is 2.71. The molecule has 1 saturated heterocycles. The quantitative estimate of drug-likeness (QED) is 0.798. The zero-order valence-corrected chi connectivity index (χ0v) is 11.2. The van der Waals surface area contributed by atoms with Crippen LogP contribution >= 0.6 is 0 Å². The minimum Gasteiger partial charge on any atom is -0.329 e. The summed E-state index contributed by atoms with van der Waals surface area (Å²) in [6, 6.07) is 0.616. The summed E-state index contributed by atoms with van der Waals surface area (Å²) in [5, 5.41) is 0. The lowest BCUT2D eigenvalue weighted by Gasteiger charge is -2.32. The maximum Gasteiger partial charge on any atom is 0.0223 e. The molecule has 2 heteroatoms. The van der Waals surface area contributed by atoms with Gasteiger partial charge in [0.1, 0.15) is 0 Å². The molecule has 1 heterocycles. The molecule has 2 nitrogen and oxygen atoms in total. The van der Waals surface area contributed by atoms with E-state index in [2.05, 4.69) is 25.7 Å². The highest BCUT2D eigenvalue weighted by atomic mass is 15.2. The van der Waals surface area contributed by atoms with Gasteiger partial charge in [-0.25, -0.2) is 0 Å². The van der Waals surface area contributed by atoms with E-state index in [0.29, 0.717) is 11.5 Å². The first-order chi connectivity index (χ1) is 7.49. The number of fused-ring (bicyclic) bond motifs is 1. The van der Waals surface area contributed by atoms with E-state index in [9.17, 15) is 0 Å². The maximum atomic E-state index is 5.97. The summed E-state index contributed by atoms with van der Waals surface area (Å²) >= 11 is 0. The van der Waals surface area contributed by atoms with Crippen LogP contribution in [0.4, 0.5) is 0 Å². The van der Waals surface area contributed by atoms with Gasteiger partial charge in [0.25, 0.3) is 0 Å². The zero-order valence-electron chi connectivity index (χ0n) is 11.2. The van der Waals surface area contributed by atoms with Crippen LogP contribution < -0.4 is 5.73 Å². The van der Waals surface area contributed by atoms with Gasteiger partial charge in [0.05, 0.1) is 0 Å². The summed E-state index contributed by atoms with van der Waals surface area (Å²) in [6.45, 7) is 10.5. The Balaban J connectivity index is 1.91. The molecule has 2 fully saturated rings. The van der Waals surface area contributed by atoms with E-state index in [1.54, 1.807) is 0 Å². The minimum atomic E-state index is 0.405. The number of rotatable bonds is 3. The molecule has 1 aliphatic heterocycles. The Bertz CT molecular complexity index is 219. The number of hydrogen-bond donors (Lipinski definition) is 1. The van der Waals surface area contributed by atoms with Crippen LogP contribution in [-0.2, 0) is 0 Å². The van der Waals surface area contributed by atoms with Crippen LogP contribution in [0.1, 0.15) is 46.5 Å². The maximum absolute atomic E-state index is 5.97. The highest BCUT2D eigenvalue weighted by Gasteiger charge is 2.38. The van der Waals surface area contributed by atoms with Crippen LogP contribution in [0.5, 0.6) is 0 Å². The number of nitrogens with two attached hydrogens (primary N) is 1. The smallest absolute Gasteiger partial charge is 0.0223 e. The van der Waals surface area contributed by atoms with E-state index in [0.717, 1.165) is 18.4 Å². The third-order valence-electron chi connectivity index (χ3n) is 4.39. The van der Waals surface area contributed by atoms with Gasteiger partial charge in [-0.2, -0.15) is 0 Å². The van der Waals surface area contributed by atoms with Crippen molar-refractivity contribution in [3.05, 3.63) is 0 Å². The van der Waals surface area contributed by atoms with Gasteiger partial charge in [-0.1, -0.05) is 27.2 Å². The van der Waals surface area contributed by atoms with E-state index >= 15 is 0 Å². The van der Waals surface area contributed by atoms with Crippen molar-refractivity contribution in [1.29, 1.82) is 0 Å². The van der Waals surface area contributed by atoms with E-state index in [1.165, 1.54) is 38.8 Å². The fourth-order valence-corrected chi connectivity index (χ4v) is 3.64. The van der Waals surface area contributed by atoms with Gasteiger partial charge in [0, 0.05) is 25.7 Å². The summed E-state index contributed by atoms with van der Waals surface area (Å²) in [6.07, 6.45) is 5.64. The highest BCUT2D eigenvalue weighted by Crippen LogP contribution is 2.39. The average molecular weight is 224 g/mol. The summed E-state index contributed by atoms with van der Waals surface area (Å²) in [4.78, 5) is 2.68. The SMILES string of the molecule is CC(C)(C)CC(CN)N1CC2CCCC2C1. The van der Waals surface area contributed by atoms with E-state index in [-0.39, 0.29) is 0 Å². The van der Waals surface area contributed by atoms with Crippen LogP contribution in [0.3, 0.4) is 0 Å². The monoisotopic (exact) mass is 224 g/mol. The molecule has 2 N–H and O–H groups in total. The molecule has 94 valence electrons. The molecule has 0 amide bonds. The third-order valence-corrected chi connectivity index (χ3v) is 4.39. The zero-order chi connectivity index (χ0) is 11.8. The second kappa shape index (κ2) is 4.66. The van der Waals surface area contributed by atoms with Crippen LogP contribution in [0.2, 0.25) is 0 Å². The van der Waals surface area contributed by atoms with Gasteiger partial charge in [0.2, 0.25) is 0 Å². The molecule has 0 bridgehead atoms. The molecule has 1 saturated carbocycles. The molecular weight excluding hydrogens is 196 g/mol. The Labute approximate surface area is 101 Å². The molecule has 16 heavy (non-hydrogen) atoms. The van der Waals surface area contributed by atoms with Gasteiger partial charge < -0.3 is 5.73 Å². The Morgan fingerprint density at radius 3 is 2.19 bits per heavy atom. The lowest BCUT2D eigenvalue weighted by Crippen LogP contribution is -2.42. The Morgan fingerprint density at radius 1 is 1.19 bits per heavy atom. The lowest BCUT2D eigenvalue weighted by molar-refractivity contribution is 0.172. The molecule has 0 aromatic rings. The molecule has 3 unspecified atom stereocenters. The first-order valence-electron chi connectivity index (χ1n) is 6.94. The molecule has 2 rings (SSSR count). The van der Waals surface area contributed by atoms with Crippen molar-refractivity contribution in [3.63, 3.8) is 0 Å². The molecule has 0 spiro atoms. The van der Waals surface area contributed by atoms with E-state index in [1.807, 2.05) is 0 Å². The second-order valence-corrected chi connectivity index (χ2v) is 7.06. The topological polar surface area (TPSA) is 29.3 Å². The molecule has 0 aromatic carbocycles. The minimum absolute atomic E-state index is 0.405. The fraction of sp³-hybridized carbons (Fsp3) is 1.00. The van der Waals surface area contributed by atoms with Crippen LogP contribution in [0, 0.1) is 17.3 Å². The summed E-state index contributed by atoms with van der Waals surface area (Å²) in [5.74, 6) is 1.99. The van der Waals surface area contributed by atoms with Gasteiger partial charge in [-0.3, -0.25) is 4.90 Å². The van der Waals surface area contributed by atoms with Crippen molar-refractivity contribution < 1.29 is 0 Å². The van der Waals surface area contributed by atoms with Crippen LogP contribution in [0.15, 0.2) is 0 Å². The van der Waals surface area contributed by atoms with Crippen LogP contribution in [0.25, 0.3) is 0 Å². The fourth-order valence-electron chi connectivity index (χ4n) is 3.64. The van der Waals surface area contributed by atoms with Crippen molar-refractivity contribution in [2.45, 2.75) is 52.5 Å². The summed E-state index contributed by atoms with van der Waals surface area (Å²) < 4.78 is 0. The normalized spacial score (nSPS) is 33.0. The van der Waals surface area contributed by atoms with Gasteiger partial charge >= 0.3 is 0 Å². The first-order valence-corrected chi connectivity index (χ1v) is 6.94. The predicted octanol–water partition coefficient (Wildman–Crippen LogP) is 2.48. The van der Waals surface area contributed by atoms with E-state index < -0.39 is 0 Å². The molecule has 3 atom stereocenters. The van der Waals surface area contributed by atoms with Crippen LogP contribution in [-0.4, -0.2) is 30.6 Å². The van der Waals surface area contributed by atoms with Crippen molar-refractivity contribution in [1.82, 2.24) is 4.90 Å². The van der Waals surface area contributed by atoms with Gasteiger partial charge in [-0.05, 0) is 36.5 Å². The Kier molecular flexibility index (Phi) is 3.60. The molecule has 0 aromatic heterocycles. The predicted molar refractivity (Wildman–Crippen MR) is 69.3 cm³/mol. The highest BCUT2D eigenvalue weighted by molar-refractivity contribution is 4.92. The molecular formula is C14H28N2. The Morgan fingerprint density at radius 2 is 1.75 bits per heavy atom. The van der Waals surface area contributed by atoms with Crippen molar-refractivity contribution in [2.75, 3.05) is 19.6 Å². The van der Waals surface area contributed by atoms with E-state index in [4.69, 9.17) is 5.73 Å². The number of hydrogen-bond acceptors (Lipinski definition) is 2.